The molecule has 1 atom stereocenters. The molecule has 0 saturated heterocycles. The Morgan fingerprint density at radius 2 is 1.97 bits per heavy atom. The number of benzene rings is 2. The number of hydrogen-bond donors (Lipinski definition) is 2. The Hall–Kier alpha value is -2.98. The van der Waals surface area contributed by atoms with E-state index in [1.165, 1.54) is 0 Å². The molecule has 10 heteroatoms. The van der Waals surface area contributed by atoms with Crippen LogP contribution in [0.25, 0.3) is 11.0 Å². The molecule has 2 aromatic carbocycles. The van der Waals surface area contributed by atoms with Gasteiger partial charge in [0.1, 0.15) is 17.1 Å². The molecule has 0 bridgehead atoms. The largest absolute Gasteiger partial charge is 0.454 e. The number of hydrogen-bond acceptors (Lipinski definition) is 8. The van der Waals surface area contributed by atoms with Gasteiger partial charge in [0.05, 0.1) is 17.4 Å². The van der Waals surface area contributed by atoms with E-state index in [2.05, 4.69) is 19.4 Å². The summed E-state index contributed by atoms with van der Waals surface area (Å²) in [7, 11) is 0. The zero-order valence-electron chi connectivity index (χ0n) is 17.1. The molecule has 0 saturated carbocycles. The zero-order chi connectivity index (χ0) is 22.2. The summed E-state index contributed by atoms with van der Waals surface area (Å²) >= 11 is 2.60. The molecule has 1 heterocycles. The van der Waals surface area contributed by atoms with Gasteiger partial charge in [0.15, 0.2) is 6.61 Å². The summed E-state index contributed by atoms with van der Waals surface area (Å²) in [6.45, 7) is 1.42. The Kier molecular flexibility index (Phi) is 7.96. The number of carbonyl (C=O) groups is 3. The highest BCUT2D eigenvalue weighted by Gasteiger charge is 2.23. The lowest BCUT2D eigenvalue weighted by Crippen LogP contribution is -2.43. The van der Waals surface area contributed by atoms with E-state index in [0.29, 0.717) is 34.5 Å². The molecule has 0 fully saturated rings. The maximum Gasteiger partial charge on any atom is 0.329 e. The number of aromatic nitrogens is 2. The number of aryl methyl sites for hydroxylation is 1. The van der Waals surface area contributed by atoms with Crippen LogP contribution in [0.15, 0.2) is 42.5 Å². The highest BCUT2D eigenvalue weighted by Crippen LogP contribution is 2.21. The second-order valence-electron chi connectivity index (χ2n) is 6.77. The summed E-state index contributed by atoms with van der Waals surface area (Å²) in [5.74, 6) is -0.862. The van der Waals surface area contributed by atoms with Gasteiger partial charge in [0, 0.05) is 5.56 Å². The third kappa shape index (κ3) is 6.25. The van der Waals surface area contributed by atoms with E-state index >= 15 is 0 Å². The first-order valence-electron chi connectivity index (χ1n) is 9.52. The molecular weight excluding hydrogens is 436 g/mol. The lowest BCUT2D eigenvalue weighted by molar-refractivity contribution is -0.149. The number of anilines is 1. The normalized spacial score (nSPS) is 11.7. The van der Waals surface area contributed by atoms with E-state index in [1.54, 1.807) is 48.2 Å². The van der Waals surface area contributed by atoms with E-state index in [0.717, 1.165) is 17.3 Å². The quantitative estimate of drug-likeness (QED) is 0.474. The van der Waals surface area contributed by atoms with Crippen molar-refractivity contribution >= 4 is 58.0 Å². The van der Waals surface area contributed by atoms with Crippen LogP contribution in [0, 0.1) is 6.92 Å². The van der Waals surface area contributed by atoms with Crippen molar-refractivity contribution in [2.75, 3.05) is 23.9 Å². The van der Waals surface area contributed by atoms with E-state index < -0.39 is 24.5 Å². The van der Waals surface area contributed by atoms with Crippen molar-refractivity contribution in [1.29, 1.82) is 0 Å². The van der Waals surface area contributed by atoms with Crippen molar-refractivity contribution in [1.82, 2.24) is 14.1 Å². The standard InChI is InChI=1S/C21H22N4O4S2/c1-13-5-3-6-14(11-13)20(27)23-17(9-10-30-2)21(28)29-12-18(26)22-15-7-4-8-16-19(15)25-31-24-16/h3-8,11,17H,9-10,12H2,1-2H3,(H,22,26)(H,23,27). The molecule has 1 aromatic heterocycles. The summed E-state index contributed by atoms with van der Waals surface area (Å²) in [5, 5.41) is 5.39. The molecule has 0 aliphatic heterocycles. The topological polar surface area (TPSA) is 110 Å². The van der Waals surface area contributed by atoms with E-state index in [-0.39, 0.29) is 5.91 Å². The van der Waals surface area contributed by atoms with Crippen molar-refractivity contribution in [2.45, 2.75) is 19.4 Å². The SMILES string of the molecule is CSCCC(NC(=O)c1cccc(C)c1)C(=O)OCC(=O)Nc1cccc2nsnc12. The molecule has 3 aromatic rings. The van der Waals surface area contributed by atoms with Gasteiger partial charge >= 0.3 is 5.97 Å². The van der Waals surface area contributed by atoms with E-state index in [1.807, 2.05) is 19.2 Å². The number of amides is 2. The minimum Gasteiger partial charge on any atom is -0.454 e. The number of rotatable bonds is 9. The Morgan fingerprint density at radius 1 is 1.16 bits per heavy atom. The molecule has 0 aliphatic carbocycles. The van der Waals surface area contributed by atoms with Crippen LogP contribution in [-0.4, -0.2) is 51.2 Å². The minimum atomic E-state index is -0.848. The minimum absolute atomic E-state index is 0.362. The highest BCUT2D eigenvalue weighted by atomic mass is 32.2. The molecule has 2 amide bonds. The van der Waals surface area contributed by atoms with Crippen molar-refractivity contribution in [2.24, 2.45) is 0 Å². The molecule has 8 nitrogen and oxygen atoms in total. The molecule has 3 rings (SSSR count). The fourth-order valence-electron chi connectivity index (χ4n) is 2.84. The van der Waals surface area contributed by atoms with Crippen molar-refractivity contribution in [3.63, 3.8) is 0 Å². The number of fused-ring (bicyclic) bond motifs is 1. The van der Waals surface area contributed by atoms with E-state index in [9.17, 15) is 14.4 Å². The lowest BCUT2D eigenvalue weighted by atomic mass is 10.1. The predicted octanol–water partition coefficient (Wildman–Crippen LogP) is 3.03. The van der Waals surface area contributed by atoms with Crippen molar-refractivity contribution < 1.29 is 19.1 Å². The van der Waals surface area contributed by atoms with Crippen LogP contribution in [0.4, 0.5) is 5.69 Å². The van der Waals surface area contributed by atoms with Crippen LogP contribution in [0.3, 0.4) is 0 Å². The van der Waals surface area contributed by atoms with Gasteiger partial charge in [-0.3, -0.25) is 9.59 Å². The molecule has 0 aliphatic rings. The van der Waals surface area contributed by atoms with Crippen LogP contribution in [0.2, 0.25) is 0 Å². The van der Waals surface area contributed by atoms with Gasteiger partial charge in [0.25, 0.3) is 11.8 Å². The van der Waals surface area contributed by atoms with Gasteiger partial charge in [-0.05, 0) is 49.6 Å². The van der Waals surface area contributed by atoms with Crippen LogP contribution in [0.5, 0.6) is 0 Å². The number of carbonyl (C=O) groups excluding carboxylic acids is 3. The average molecular weight is 459 g/mol. The number of ether oxygens (including phenoxy) is 1. The van der Waals surface area contributed by atoms with Gasteiger partial charge < -0.3 is 15.4 Å². The Balaban J connectivity index is 1.58. The number of thioether (sulfide) groups is 1. The summed E-state index contributed by atoms with van der Waals surface area (Å²) in [4.78, 5) is 37.4. The average Bonchev–Trinajstić information content (AvgIpc) is 3.25. The molecule has 0 radical (unpaired) electrons. The third-order valence-electron chi connectivity index (χ3n) is 4.39. The monoisotopic (exact) mass is 458 g/mol. The second kappa shape index (κ2) is 10.9. The maximum atomic E-state index is 12.6. The summed E-state index contributed by atoms with van der Waals surface area (Å²) < 4.78 is 13.5. The number of esters is 1. The van der Waals surface area contributed by atoms with Crippen LogP contribution in [0.1, 0.15) is 22.3 Å². The highest BCUT2D eigenvalue weighted by molar-refractivity contribution is 7.98. The first kappa shape index (κ1) is 22.7. The number of nitrogens with one attached hydrogen (secondary N) is 2. The Morgan fingerprint density at radius 3 is 2.74 bits per heavy atom. The predicted molar refractivity (Wildman–Crippen MR) is 122 cm³/mol. The Labute approximate surface area is 188 Å². The molecular formula is C21H22N4O4S2. The van der Waals surface area contributed by atoms with Crippen LogP contribution >= 0.6 is 23.5 Å². The fourth-order valence-corrected chi connectivity index (χ4v) is 3.86. The summed E-state index contributed by atoms with van der Waals surface area (Å²) in [6, 6.07) is 11.5. The summed E-state index contributed by atoms with van der Waals surface area (Å²) in [6.07, 6.45) is 2.30. The molecule has 2 N–H and O–H groups in total. The van der Waals surface area contributed by atoms with Crippen LogP contribution in [-0.2, 0) is 14.3 Å². The molecule has 0 spiro atoms. The molecule has 31 heavy (non-hydrogen) atoms. The smallest absolute Gasteiger partial charge is 0.329 e. The van der Waals surface area contributed by atoms with Crippen molar-refractivity contribution in [3.05, 3.63) is 53.6 Å². The zero-order valence-corrected chi connectivity index (χ0v) is 18.7. The Bertz CT molecular complexity index is 1090. The first-order chi connectivity index (χ1) is 15.0. The molecule has 1 unspecified atom stereocenters. The van der Waals surface area contributed by atoms with Gasteiger partial charge in [-0.2, -0.15) is 20.5 Å². The fraction of sp³-hybridized carbons (Fsp3) is 0.286. The molecule has 162 valence electrons. The van der Waals surface area contributed by atoms with Crippen molar-refractivity contribution in [3.8, 4) is 0 Å². The van der Waals surface area contributed by atoms with Gasteiger partial charge in [-0.15, -0.1) is 0 Å². The van der Waals surface area contributed by atoms with E-state index in [4.69, 9.17) is 4.74 Å². The third-order valence-corrected chi connectivity index (χ3v) is 5.57. The van der Waals surface area contributed by atoms with Gasteiger partial charge in [-0.1, -0.05) is 23.8 Å². The van der Waals surface area contributed by atoms with Gasteiger partial charge in [-0.25, -0.2) is 4.79 Å². The second-order valence-corrected chi connectivity index (χ2v) is 8.28. The maximum absolute atomic E-state index is 12.6. The summed E-state index contributed by atoms with van der Waals surface area (Å²) in [5.41, 5.74) is 3.16. The van der Waals surface area contributed by atoms with Crippen LogP contribution < -0.4 is 10.6 Å². The number of nitrogens with zero attached hydrogens (tertiary/aromatic N) is 2. The first-order valence-corrected chi connectivity index (χ1v) is 11.6. The van der Waals surface area contributed by atoms with Gasteiger partial charge in [0.2, 0.25) is 0 Å². The lowest BCUT2D eigenvalue weighted by Gasteiger charge is -2.17.